The molecule has 1 heterocycles. The third-order valence-electron chi connectivity index (χ3n) is 15.1. The number of nitrogens with zero attached hydrogens (tertiary/aromatic N) is 6. The third kappa shape index (κ3) is 15.2. The van der Waals surface area contributed by atoms with Gasteiger partial charge in [-0.1, -0.05) is 90.1 Å². The van der Waals surface area contributed by atoms with Gasteiger partial charge in [0.05, 0.1) is 6.42 Å². The van der Waals surface area contributed by atoms with Crippen molar-refractivity contribution in [1.82, 2.24) is 40.0 Å². The number of carbonyl (C=O) groups is 9. The lowest BCUT2D eigenvalue weighted by atomic mass is 9.90. The van der Waals surface area contributed by atoms with Gasteiger partial charge in [0.25, 0.3) is 0 Å². The van der Waals surface area contributed by atoms with Crippen molar-refractivity contribution in [3.63, 3.8) is 0 Å². The smallest absolute Gasteiger partial charge is 0.408 e. The molecule has 73 heavy (non-hydrogen) atoms. The van der Waals surface area contributed by atoms with E-state index >= 15 is 4.79 Å². The van der Waals surface area contributed by atoms with Crippen molar-refractivity contribution < 1.29 is 52.6 Å². The van der Waals surface area contributed by atoms with Crippen molar-refractivity contribution >= 4 is 53.4 Å². The summed E-state index contributed by atoms with van der Waals surface area (Å²) >= 11 is 0. The molecule has 4 rings (SSSR count). The van der Waals surface area contributed by atoms with Crippen LogP contribution < -0.4 is 10.6 Å². The molecule has 1 aromatic carbocycles. The minimum Gasteiger partial charge on any atom is -0.458 e. The largest absolute Gasteiger partial charge is 0.458 e. The van der Waals surface area contributed by atoms with Gasteiger partial charge in [-0.05, 0) is 89.5 Å². The Bertz CT molecular complexity index is 2120. The highest BCUT2D eigenvalue weighted by Gasteiger charge is 2.50. The fourth-order valence-corrected chi connectivity index (χ4v) is 10.2. The Morgan fingerprint density at radius 3 is 1.88 bits per heavy atom. The molecule has 0 aromatic heterocycles. The first-order chi connectivity index (χ1) is 34.2. The van der Waals surface area contributed by atoms with Crippen LogP contribution >= 0.6 is 0 Å². The topological polar surface area (TPSA) is 216 Å². The third-order valence-corrected chi connectivity index (χ3v) is 15.1. The van der Waals surface area contributed by atoms with Gasteiger partial charge in [-0.2, -0.15) is 0 Å². The van der Waals surface area contributed by atoms with Crippen LogP contribution in [0.1, 0.15) is 138 Å². The summed E-state index contributed by atoms with van der Waals surface area (Å²) in [6.07, 6.45) is 4.90. The lowest BCUT2D eigenvalue weighted by molar-refractivity contribution is -0.172. The van der Waals surface area contributed by atoms with Crippen molar-refractivity contribution in [2.45, 2.75) is 186 Å². The number of rotatable bonds is 22. The standard InChI is InChI=1S/C54H86N8O11/c1-15-35(4)43(48(67)58(11)36(5)46(65)62-30-27-39(62)50(69)73-53(6,7)8)55-45(64)40(31-34(2)3)59(12)42(63)32-41(47(66)57(9)10)60(13)49(68)44(38-25-19-20-26-38)61(14)51(70)54(28-21-22-29-54)56-52(71)72-33-37-23-17-16-18-24-37/h16-18,23-24,34-36,38-41,43-44H,15,19-22,25-33H2,1-14H3,(H,55,64)(H,56,71)/t35-,36-,39-,40-,41-,43-,44-/m0/s1. The maximum atomic E-state index is 15.0. The van der Waals surface area contributed by atoms with Crippen LogP contribution in [0.15, 0.2) is 30.3 Å². The molecule has 3 fully saturated rings. The Morgan fingerprint density at radius 1 is 0.753 bits per heavy atom. The van der Waals surface area contributed by atoms with Gasteiger partial charge < -0.3 is 49.5 Å². The number of carbonyl (C=O) groups excluding carboxylic acids is 9. The summed E-state index contributed by atoms with van der Waals surface area (Å²) in [5.41, 5.74) is -1.27. The molecule has 0 radical (unpaired) electrons. The summed E-state index contributed by atoms with van der Waals surface area (Å²) in [6, 6.07) is 2.89. The zero-order valence-electron chi connectivity index (χ0n) is 46.2. The Hall–Kier alpha value is -5.75. The van der Waals surface area contributed by atoms with Crippen molar-refractivity contribution in [3.8, 4) is 0 Å². The van der Waals surface area contributed by atoms with E-state index in [1.54, 1.807) is 34.7 Å². The van der Waals surface area contributed by atoms with Gasteiger partial charge in [-0.3, -0.25) is 33.6 Å². The van der Waals surface area contributed by atoms with Crippen LogP contribution in [0.4, 0.5) is 4.79 Å². The fraction of sp³-hybridized carbons (Fsp3) is 0.722. The molecule has 3 aliphatic rings. The second-order valence-electron chi connectivity index (χ2n) is 22.3. The Kier molecular flexibility index (Phi) is 21.3. The Morgan fingerprint density at radius 2 is 1.36 bits per heavy atom. The zero-order chi connectivity index (χ0) is 54.7. The molecule has 0 unspecified atom stereocenters. The quantitative estimate of drug-likeness (QED) is 0.151. The first-order valence-electron chi connectivity index (χ1n) is 26.3. The number of alkyl carbamates (subject to hydrolysis) is 1. The maximum absolute atomic E-state index is 15.0. The van der Waals surface area contributed by atoms with E-state index < -0.39 is 113 Å². The number of hydrogen-bond acceptors (Lipinski definition) is 11. The number of likely N-dealkylation sites (tertiary alicyclic amines) is 1. The normalized spacial score (nSPS) is 18.9. The van der Waals surface area contributed by atoms with Gasteiger partial charge in [-0.25, -0.2) is 9.59 Å². The highest BCUT2D eigenvalue weighted by atomic mass is 16.6. The van der Waals surface area contributed by atoms with Gasteiger partial charge in [0, 0.05) is 48.8 Å². The summed E-state index contributed by atoms with van der Waals surface area (Å²) < 4.78 is 11.1. The number of hydrogen-bond donors (Lipinski definition) is 2. The average molecular weight is 1020 g/mol. The van der Waals surface area contributed by atoms with Crippen molar-refractivity contribution in [2.24, 2.45) is 17.8 Å². The molecule has 2 saturated carbocycles. The van der Waals surface area contributed by atoms with E-state index in [0.717, 1.165) is 18.4 Å². The molecule has 1 aliphatic heterocycles. The molecule has 0 spiro atoms. The van der Waals surface area contributed by atoms with Crippen LogP contribution in [0.3, 0.4) is 0 Å². The van der Waals surface area contributed by atoms with E-state index in [1.165, 1.54) is 64.6 Å². The van der Waals surface area contributed by atoms with Crippen molar-refractivity contribution in [3.05, 3.63) is 35.9 Å². The number of ether oxygens (including phenoxy) is 2. The van der Waals surface area contributed by atoms with Crippen LogP contribution in [-0.4, -0.2) is 179 Å². The second kappa shape index (κ2) is 26.0. The molecule has 8 amide bonds. The molecular weight excluding hydrogens is 937 g/mol. The van der Waals surface area contributed by atoms with E-state index in [9.17, 15) is 38.4 Å². The van der Waals surface area contributed by atoms with Crippen molar-refractivity contribution in [2.75, 3.05) is 48.8 Å². The minimum atomic E-state index is -1.33. The van der Waals surface area contributed by atoms with E-state index in [1.807, 2.05) is 58.0 Å². The number of esters is 1. The first-order valence-corrected chi connectivity index (χ1v) is 26.3. The summed E-state index contributed by atoms with van der Waals surface area (Å²) in [5.74, 6) is -4.95. The van der Waals surface area contributed by atoms with Gasteiger partial charge >= 0.3 is 12.1 Å². The molecule has 1 saturated heterocycles. The molecule has 0 bridgehead atoms. The molecule has 1 aromatic rings. The zero-order valence-corrected chi connectivity index (χ0v) is 46.2. The van der Waals surface area contributed by atoms with Crippen molar-refractivity contribution in [1.29, 1.82) is 0 Å². The Balaban J connectivity index is 1.55. The fourth-order valence-electron chi connectivity index (χ4n) is 10.2. The molecular formula is C54H86N8O11. The molecule has 2 N–H and O–H groups in total. The summed E-state index contributed by atoms with van der Waals surface area (Å²) in [5, 5.41) is 5.79. The summed E-state index contributed by atoms with van der Waals surface area (Å²) in [6.45, 7) is 14.6. The van der Waals surface area contributed by atoms with E-state index in [0.29, 0.717) is 57.9 Å². The van der Waals surface area contributed by atoms with E-state index in [-0.39, 0.29) is 24.9 Å². The SMILES string of the molecule is CC[C@H](C)[C@H](NC(=O)[C@H](CC(C)C)N(C)C(=O)C[C@@H](C(=O)N(C)C)N(C)C(=O)[C@H](C1CCCC1)N(C)C(=O)C1(NC(=O)OCc2ccccc2)CCCC1)C(=O)N(C)[C@@H](C)C(=O)N1CC[C@H]1C(=O)OC(C)(C)C. The summed E-state index contributed by atoms with van der Waals surface area (Å²) in [7, 11) is 9.00. The van der Waals surface area contributed by atoms with Gasteiger partial charge in [0.1, 0.15) is 54.0 Å². The molecule has 2 aliphatic carbocycles. The van der Waals surface area contributed by atoms with Crippen LogP contribution in [0.25, 0.3) is 0 Å². The lowest BCUT2D eigenvalue weighted by Gasteiger charge is -2.43. The first kappa shape index (κ1) is 59.8. The predicted octanol–water partition coefficient (Wildman–Crippen LogP) is 4.74. The van der Waals surface area contributed by atoms with Gasteiger partial charge in [-0.15, -0.1) is 0 Å². The van der Waals surface area contributed by atoms with Crippen LogP contribution in [0.2, 0.25) is 0 Å². The molecule has 7 atom stereocenters. The monoisotopic (exact) mass is 1020 g/mol. The number of likely N-dealkylation sites (N-methyl/N-ethyl adjacent to an activating group) is 5. The molecule has 408 valence electrons. The van der Waals surface area contributed by atoms with Gasteiger partial charge in [0.2, 0.25) is 41.4 Å². The average Bonchev–Trinajstić information content (AvgIpc) is 4.04. The van der Waals surface area contributed by atoms with Crippen LogP contribution in [0, 0.1) is 17.8 Å². The summed E-state index contributed by atoms with van der Waals surface area (Å²) in [4.78, 5) is 135. The molecule has 19 heteroatoms. The van der Waals surface area contributed by atoms with Crippen LogP contribution in [0.5, 0.6) is 0 Å². The minimum absolute atomic E-state index is 0.0114. The predicted molar refractivity (Wildman–Crippen MR) is 275 cm³/mol. The lowest BCUT2D eigenvalue weighted by Crippen LogP contribution is -2.63. The number of amides is 8. The number of nitrogens with one attached hydrogen (secondary N) is 2. The highest BCUT2D eigenvalue weighted by molar-refractivity contribution is 5.98. The van der Waals surface area contributed by atoms with E-state index in [2.05, 4.69) is 10.6 Å². The maximum Gasteiger partial charge on any atom is 0.408 e. The highest BCUT2D eigenvalue weighted by Crippen LogP contribution is 2.36. The van der Waals surface area contributed by atoms with Gasteiger partial charge in [0.15, 0.2) is 0 Å². The van der Waals surface area contributed by atoms with Crippen LogP contribution in [-0.2, 0) is 54.4 Å². The second-order valence-corrected chi connectivity index (χ2v) is 22.3. The Labute approximate surface area is 433 Å². The van der Waals surface area contributed by atoms with E-state index in [4.69, 9.17) is 9.47 Å². The molecule has 19 nitrogen and oxygen atoms in total. The number of benzene rings is 1.